The first-order valence-electron chi connectivity index (χ1n) is 9.57. The fourth-order valence-electron chi connectivity index (χ4n) is 3.05. The van der Waals surface area contributed by atoms with Crippen LogP contribution in [0.1, 0.15) is 25.8 Å². The van der Waals surface area contributed by atoms with Gasteiger partial charge in [-0.05, 0) is 50.1 Å². The van der Waals surface area contributed by atoms with Crippen molar-refractivity contribution in [2.75, 3.05) is 24.6 Å². The van der Waals surface area contributed by atoms with Crippen molar-refractivity contribution in [1.29, 1.82) is 0 Å². The molecule has 1 heterocycles. The Morgan fingerprint density at radius 3 is 2.68 bits per heavy atom. The van der Waals surface area contributed by atoms with Crippen LogP contribution in [0.5, 0.6) is 11.5 Å². The van der Waals surface area contributed by atoms with E-state index in [0.29, 0.717) is 18.8 Å². The van der Waals surface area contributed by atoms with Gasteiger partial charge in [-0.15, -0.1) is 0 Å². The number of amides is 2. The predicted octanol–water partition coefficient (Wildman–Crippen LogP) is 2.95. The first-order chi connectivity index (χ1) is 13.5. The normalized spacial score (nSPS) is 13.1. The summed E-state index contributed by atoms with van der Waals surface area (Å²) >= 11 is 0. The molecule has 148 valence electrons. The molecule has 0 atom stereocenters. The van der Waals surface area contributed by atoms with Gasteiger partial charge in [0.1, 0.15) is 11.5 Å². The van der Waals surface area contributed by atoms with Crippen molar-refractivity contribution in [2.24, 2.45) is 0 Å². The smallest absolute Gasteiger partial charge is 0.265 e. The topological polar surface area (TPSA) is 67.9 Å². The quantitative estimate of drug-likeness (QED) is 0.762. The maximum atomic E-state index is 12.2. The highest BCUT2D eigenvalue weighted by Crippen LogP contribution is 2.31. The van der Waals surface area contributed by atoms with Gasteiger partial charge < -0.3 is 19.7 Å². The Balaban J connectivity index is 1.43. The van der Waals surface area contributed by atoms with Crippen molar-refractivity contribution in [1.82, 2.24) is 5.32 Å². The number of carbonyl (C=O) groups is 2. The SMILES string of the molecule is CC(C)Oc1ccc(CCNC(=O)CCN2C(=O)COc3ccccc32)cc1. The molecule has 3 rings (SSSR count). The third-order valence-corrected chi connectivity index (χ3v) is 4.40. The van der Waals surface area contributed by atoms with Crippen molar-refractivity contribution in [3.63, 3.8) is 0 Å². The molecule has 0 aromatic heterocycles. The largest absolute Gasteiger partial charge is 0.491 e. The summed E-state index contributed by atoms with van der Waals surface area (Å²) in [5.41, 5.74) is 1.85. The molecule has 1 N–H and O–H groups in total. The Morgan fingerprint density at radius 2 is 1.93 bits per heavy atom. The van der Waals surface area contributed by atoms with Crippen LogP contribution in [0.4, 0.5) is 5.69 Å². The molecular formula is C22H26N2O4. The molecule has 1 aliphatic rings. The van der Waals surface area contributed by atoms with E-state index in [2.05, 4.69) is 5.32 Å². The molecule has 6 nitrogen and oxygen atoms in total. The zero-order chi connectivity index (χ0) is 19.9. The lowest BCUT2D eigenvalue weighted by Gasteiger charge is -2.29. The average molecular weight is 382 g/mol. The van der Waals surface area contributed by atoms with Gasteiger partial charge in [-0.25, -0.2) is 0 Å². The van der Waals surface area contributed by atoms with Gasteiger partial charge in [0.05, 0.1) is 11.8 Å². The average Bonchev–Trinajstić information content (AvgIpc) is 2.68. The number of rotatable bonds is 8. The number of nitrogens with zero attached hydrogens (tertiary/aromatic N) is 1. The fourth-order valence-corrected chi connectivity index (χ4v) is 3.05. The first kappa shape index (κ1) is 19.7. The van der Waals surface area contributed by atoms with E-state index in [1.807, 2.05) is 62.4 Å². The van der Waals surface area contributed by atoms with Crippen molar-refractivity contribution < 1.29 is 19.1 Å². The maximum absolute atomic E-state index is 12.2. The fraction of sp³-hybridized carbons (Fsp3) is 0.364. The maximum Gasteiger partial charge on any atom is 0.265 e. The molecule has 0 unspecified atom stereocenters. The molecule has 0 aliphatic carbocycles. The predicted molar refractivity (Wildman–Crippen MR) is 108 cm³/mol. The van der Waals surface area contributed by atoms with Gasteiger partial charge in [-0.1, -0.05) is 24.3 Å². The molecule has 2 amide bonds. The van der Waals surface area contributed by atoms with Crippen LogP contribution >= 0.6 is 0 Å². The van der Waals surface area contributed by atoms with Crippen LogP contribution in [0.15, 0.2) is 48.5 Å². The van der Waals surface area contributed by atoms with E-state index in [9.17, 15) is 9.59 Å². The van der Waals surface area contributed by atoms with Crippen LogP contribution in [-0.4, -0.2) is 37.6 Å². The van der Waals surface area contributed by atoms with Crippen LogP contribution < -0.4 is 19.7 Å². The molecule has 0 fully saturated rings. The van der Waals surface area contributed by atoms with Crippen LogP contribution in [0.25, 0.3) is 0 Å². The van der Waals surface area contributed by atoms with E-state index >= 15 is 0 Å². The molecule has 0 radical (unpaired) electrons. The lowest BCUT2D eigenvalue weighted by atomic mass is 10.1. The summed E-state index contributed by atoms with van der Waals surface area (Å²) < 4.78 is 11.0. The van der Waals surface area contributed by atoms with Gasteiger partial charge in [-0.3, -0.25) is 9.59 Å². The number of fused-ring (bicyclic) bond motifs is 1. The van der Waals surface area contributed by atoms with E-state index < -0.39 is 0 Å². The molecule has 2 aromatic carbocycles. The molecule has 2 aromatic rings. The van der Waals surface area contributed by atoms with Crippen LogP contribution in [0.3, 0.4) is 0 Å². The summed E-state index contributed by atoms with van der Waals surface area (Å²) in [6.45, 7) is 4.89. The van der Waals surface area contributed by atoms with Gasteiger partial charge >= 0.3 is 0 Å². The highest BCUT2D eigenvalue weighted by molar-refractivity contribution is 5.98. The number of hydrogen-bond donors (Lipinski definition) is 1. The Labute approximate surface area is 165 Å². The minimum Gasteiger partial charge on any atom is -0.491 e. The van der Waals surface area contributed by atoms with Crippen LogP contribution in [-0.2, 0) is 16.0 Å². The van der Waals surface area contributed by atoms with Crippen molar-refractivity contribution >= 4 is 17.5 Å². The molecule has 0 saturated heterocycles. The summed E-state index contributed by atoms with van der Waals surface area (Å²) in [5, 5.41) is 2.92. The third-order valence-electron chi connectivity index (χ3n) is 4.40. The van der Waals surface area contributed by atoms with Crippen molar-refractivity contribution in [2.45, 2.75) is 32.8 Å². The third kappa shape index (κ3) is 5.25. The molecule has 1 aliphatic heterocycles. The number of ether oxygens (including phenoxy) is 2. The van der Waals surface area contributed by atoms with Crippen LogP contribution in [0, 0.1) is 0 Å². The lowest BCUT2D eigenvalue weighted by Crippen LogP contribution is -2.41. The van der Waals surface area contributed by atoms with Gasteiger partial charge in [0.25, 0.3) is 5.91 Å². The van der Waals surface area contributed by atoms with Crippen molar-refractivity contribution in [3.8, 4) is 11.5 Å². The molecule has 6 heteroatoms. The number of nitrogens with one attached hydrogen (secondary N) is 1. The number of carbonyl (C=O) groups excluding carboxylic acids is 2. The van der Waals surface area contributed by atoms with E-state index in [4.69, 9.17) is 9.47 Å². The summed E-state index contributed by atoms with van der Waals surface area (Å²) in [5.74, 6) is 1.32. The summed E-state index contributed by atoms with van der Waals surface area (Å²) in [6.07, 6.45) is 1.14. The van der Waals surface area contributed by atoms with Gasteiger partial charge in [0.15, 0.2) is 6.61 Å². The standard InChI is InChI=1S/C22H26N2O4/c1-16(2)28-18-9-7-17(8-10-18)11-13-23-21(25)12-14-24-19-5-3-4-6-20(19)27-15-22(24)26/h3-10,16H,11-15H2,1-2H3,(H,23,25). The molecule has 0 spiro atoms. The molecule has 28 heavy (non-hydrogen) atoms. The molecule has 0 bridgehead atoms. The lowest BCUT2D eigenvalue weighted by molar-refractivity contribution is -0.122. The highest BCUT2D eigenvalue weighted by Gasteiger charge is 2.25. The van der Waals surface area contributed by atoms with E-state index in [0.717, 1.165) is 23.4 Å². The first-order valence-corrected chi connectivity index (χ1v) is 9.57. The second-order valence-corrected chi connectivity index (χ2v) is 6.96. The number of hydrogen-bond acceptors (Lipinski definition) is 4. The minimum atomic E-state index is -0.129. The second kappa shape index (κ2) is 9.26. The Kier molecular flexibility index (Phi) is 6.53. The second-order valence-electron chi connectivity index (χ2n) is 6.96. The zero-order valence-corrected chi connectivity index (χ0v) is 16.3. The van der Waals surface area contributed by atoms with Gasteiger partial charge in [0.2, 0.25) is 5.91 Å². The summed E-state index contributed by atoms with van der Waals surface area (Å²) in [7, 11) is 0. The molecule has 0 saturated carbocycles. The summed E-state index contributed by atoms with van der Waals surface area (Å²) in [6, 6.07) is 15.3. The highest BCUT2D eigenvalue weighted by atomic mass is 16.5. The number of para-hydroxylation sites is 2. The zero-order valence-electron chi connectivity index (χ0n) is 16.3. The Bertz CT molecular complexity index is 818. The van der Waals surface area contributed by atoms with E-state index in [1.54, 1.807) is 4.90 Å². The van der Waals surface area contributed by atoms with Crippen LogP contribution in [0.2, 0.25) is 0 Å². The Morgan fingerprint density at radius 1 is 1.18 bits per heavy atom. The number of benzene rings is 2. The van der Waals surface area contributed by atoms with Gasteiger partial charge in [0, 0.05) is 19.5 Å². The van der Waals surface area contributed by atoms with E-state index in [1.165, 1.54) is 0 Å². The Hall–Kier alpha value is -3.02. The monoisotopic (exact) mass is 382 g/mol. The molecular weight excluding hydrogens is 356 g/mol. The summed E-state index contributed by atoms with van der Waals surface area (Å²) in [4.78, 5) is 25.9. The number of anilines is 1. The van der Waals surface area contributed by atoms with E-state index in [-0.39, 0.29) is 30.9 Å². The van der Waals surface area contributed by atoms with Crippen molar-refractivity contribution in [3.05, 3.63) is 54.1 Å². The minimum absolute atomic E-state index is 0.00908. The van der Waals surface area contributed by atoms with Gasteiger partial charge in [-0.2, -0.15) is 0 Å².